The molecule has 0 atom stereocenters. The number of rotatable bonds is 5. The molecule has 1 fully saturated rings. The molecular weight excluding hydrogens is 416 g/mol. The first-order valence-electron chi connectivity index (χ1n) is 10.1. The first kappa shape index (κ1) is 20.9. The van der Waals surface area contributed by atoms with Gasteiger partial charge in [-0.3, -0.25) is 4.79 Å². The lowest BCUT2D eigenvalue weighted by atomic mass is 10.2. The van der Waals surface area contributed by atoms with Crippen LogP contribution in [0.2, 0.25) is 5.02 Å². The molecule has 0 radical (unpaired) electrons. The Balaban J connectivity index is 1.25. The molecule has 0 N–H and O–H groups in total. The molecule has 1 aliphatic heterocycles. The van der Waals surface area contributed by atoms with Gasteiger partial charge in [-0.05, 0) is 17.7 Å². The van der Waals surface area contributed by atoms with Gasteiger partial charge in [-0.25, -0.2) is 9.78 Å². The topological polar surface area (TPSA) is 67.7 Å². The quantitative estimate of drug-likeness (QED) is 0.609. The van der Waals surface area contributed by atoms with Crippen LogP contribution in [0.5, 0.6) is 0 Å². The maximum absolute atomic E-state index is 12.7. The lowest BCUT2D eigenvalue weighted by Gasteiger charge is -2.34. The number of nitrogens with zero attached hydrogens (tertiary/aromatic N) is 4. The molecule has 2 aromatic carbocycles. The molecule has 0 spiro atoms. The number of amides is 2. The van der Waals surface area contributed by atoms with Gasteiger partial charge in [-0.15, -0.1) is 0 Å². The van der Waals surface area contributed by atoms with Crippen LogP contribution in [-0.2, 0) is 22.7 Å². The lowest BCUT2D eigenvalue weighted by Crippen LogP contribution is -2.51. The summed E-state index contributed by atoms with van der Waals surface area (Å²) in [5.41, 5.74) is 2.68. The van der Waals surface area contributed by atoms with Crippen molar-refractivity contribution in [3.8, 4) is 11.3 Å². The van der Waals surface area contributed by atoms with Gasteiger partial charge in [0.25, 0.3) is 0 Å². The van der Waals surface area contributed by atoms with Crippen LogP contribution in [-0.4, -0.2) is 57.5 Å². The smallest absolute Gasteiger partial charge is 0.410 e. The fourth-order valence-corrected chi connectivity index (χ4v) is 3.55. The summed E-state index contributed by atoms with van der Waals surface area (Å²) in [6.45, 7) is 2.34. The summed E-state index contributed by atoms with van der Waals surface area (Å²) in [7, 11) is 0. The van der Waals surface area contributed by atoms with E-state index in [9.17, 15) is 9.59 Å². The van der Waals surface area contributed by atoms with Gasteiger partial charge in [0.05, 0.1) is 12.0 Å². The van der Waals surface area contributed by atoms with Crippen LogP contribution in [0.25, 0.3) is 11.3 Å². The molecule has 8 heteroatoms. The second-order valence-corrected chi connectivity index (χ2v) is 7.78. The number of imidazole rings is 1. The Kier molecular flexibility index (Phi) is 6.52. The first-order chi connectivity index (χ1) is 15.1. The molecule has 0 bridgehead atoms. The van der Waals surface area contributed by atoms with Crippen molar-refractivity contribution in [2.75, 3.05) is 26.2 Å². The Morgan fingerprint density at radius 1 is 0.935 bits per heavy atom. The number of carbonyl (C=O) groups excluding carboxylic acids is 2. The number of benzene rings is 2. The number of ether oxygens (including phenoxy) is 1. The SMILES string of the molecule is O=C(Cn1cnc(-c2ccc(Cl)cc2)c1)N1CCN(C(=O)OCc2ccccc2)CC1. The number of carbonyl (C=O) groups is 2. The van der Waals surface area contributed by atoms with E-state index in [-0.39, 0.29) is 25.2 Å². The second kappa shape index (κ2) is 9.66. The molecular formula is C23H23ClN4O3. The standard InChI is InChI=1S/C23H23ClN4O3/c24-20-8-6-19(7-9-20)21-14-26(17-25-21)15-22(29)27-10-12-28(13-11-27)23(30)31-16-18-4-2-1-3-5-18/h1-9,14,17H,10-13,15-16H2. The summed E-state index contributed by atoms with van der Waals surface area (Å²) >= 11 is 5.93. The van der Waals surface area contributed by atoms with Gasteiger partial charge >= 0.3 is 6.09 Å². The molecule has 1 saturated heterocycles. The highest BCUT2D eigenvalue weighted by molar-refractivity contribution is 6.30. The third kappa shape index (κ3) is 5.44. The molecule has 1 aliphatic rings. The Labute approximate surface area is 185 Å². The summed E-state index contributed by atoms with van der Waals surface area (Å²) in [6.07, 6.45) is 3.15. The molecule has 160 valence electrons. The van der Waals surface area contributed by atoms with Crippen LogP contribution in [0.1, 0.15) is 5.56 Å². The summed E-state index contributed by atoms with van der Waals surface area (Å²) in [6, 6.07) is 17.0. The van der Waals surface area contributed by atoms with Crippen LogP contribution < -0.4 is 0 Å². The molecule has 2 heterocycles. The van der Waals surface area contributed by atoms with E-state index in [0.717, 1.165) is 16.8 Å². The third-order valence-corrected chi connectivity index (χ3v) is 5.44. The highest BCUT2D eigenvalue weighted by Crippen LogP contribution is 2.19. The van der Waals surface area contributed by atoms with Crippen molar-refractivity contribution in [3.05, 3.63) is 77.7 Å². The average molecular weight is 439 g/mol. The largest absolute Gasteiger partial charge is 0.445 e. The molecule has 3 aromatic rings. The van der Waals surface area contributed by atoms with Crippen LogP contribution in [0, 0.1) is 0 Å². The summed E-state index contributed by atoms with van der Waals surface area (Å²) in [4.78, 5) is 32.7. The van der Waals surface area contributed by atoms with E-state index in [2.05, 4.69) is 4.98 Å². The monoisotopic (exact) mass is 438 g/mol. The van der Waals surface area contributed by atoms with Crippen molar-refractivity contribution < 1.29 is 14.3 Å². The predicted molar refractivity (Wildman–Crippen MR) is 117 cm³/mol. The van der Waals surface area contributed by atoms with E-state index in [1.807, 2.05) is 60.8 Å². The molecule has 0 aliphatic carbocycles. The van der Waals surface area contributed by atoms with Crippen molar-refractivity contribution in [1.29, 1.82) is 0 Å². The minimum absolute atomic E-state index is 0.00245. The minimum atomic E-state index is -0.349. The van der Waals surface area contributed by atoms with E-state index in [0.29, 0.717) is 31.2 Å². The normalized spacial score (nSPS) is 13.8. The Morgan fingerprint density at radius 2 is 1.61 bits per heavy atom. The zero-order valence-electron chi connectivity index (χ0n) is 17.0. The van der Waals surface area contributed by atoms with E-state index in [1.54, 1.807) is 20.7 Å². The Bertz CT molecular complexity index is 1030. The number of halogens is 1. The Morgan fingerprint density at radius 3 is 2.32 bits per heavy atom. The van der Waals surface area contributed by atoms with Gasteiger partial charge in [-0.2, -0.15) is 0 Å². The van der Waals surface area contributed by atoms with Crippen molar-refractivity contribution in [1.82, 2.24) is 19.4 Å². The van der Waals surface area contributed by atoms with Crippen LogP contribution in [0.3, 0.4) is 0 Å². The Hall–Kier alpha value is -3.32. The maximum atomic E-state index is 12.7. The van der Waals surface area contributed by atoms with Crippen LogP contribution in [0.4, 0.5) is 4.79 Å². The fraction of sp³-hybridized carbons (Fsp3) is 0.261. The molecule has 4 rings (SSSR count). The van der Waals surface area contributed by atoms with Gasteiger partial charge in [0, 0.05) is 43.0 Å². The zero-order valence-corrected chi connectivity index (χ0v) is 17.7. The van der Waals surface area contributed by atoms with Gasteiger partial charge < -0.3 is 19.1 Å². The molecule has 7 nitrogen and oxygen atoms in total. The number of aromatic nitrogens is 2. The predicted octanol–water partition coefficient (Wildman–Crippen LogP) is 3.68. The molecule has 0 unspecified atom stereocenters. The minimum Gasteiger partial charge on any atom is -0.445 e. The highest BCUT2D eigenvalue weighted by Gasteiger charge is 2.25. The zero-order chi connectivity index (χ0) is 21.6. The van der Waals surface area contributed by atoms with Gasteiger partial charge in [-0.1, -0.05) is 54.1 Å². The molecule has 31 heavy (non-hydrogen) atoms. The average Bonchev–Trinajstić information content (AvgIpc) is 3.27. The van der Waals surface area contributed by atoms with Crippen LogP contribution in [0.15, 0.2) is 67.1 Å². The number of hydrogen-bond acceptors (Lipinski definition) is 4. The van der Waals surface area contributed by atoms with Gasteiger partial charge in [0.2, 0.25) is 5.91 Å². The molecule has 0 saturated carbocycles. The molecule has 1 aromatic heterocycles. The van der Waals surface area contributed by atoms with Crippen LogP contribution >= 0.6 is 11.6 Å². The van der Waals surface area contributed by atoms with Gasteiger partial charge in [0.1, 0.15) is 13.2 Å². The number of piperazine rings is 1. The van der Waals surface area contributed by atoms with E-state index >= 15 is 0 Å². The lowest BCUT2D eigenvalue weighted by molar-refractivity contribution is -0.133. The van der Waals surface area contributed by atoms with Crippen molar-refractivity contribution in [3.63, 3.8) is 0 Å². The van der Waals surface area contributed by atoms with Gasteiger partial charge in [0.15, 0.2) is 0 Å². The van der Waals surface area contributed by atoms with E-state index in [4.69, 9.17) is 16.3 Å². The summed E-state index contributed by atoms with van der Waals surface area (Å²) in [5.74, 6) is -0.00245. The summed E-state index contributed by atoms with van der Waals surface area (Å²) in [5, 5.41) is 0.668. The van der Waals surface area contributed by atoms with Crippen molar-refractivity contribution >= 4 is 23.6 Å². The van der Waals surface area contributed by atoms with Crippen molar-refractivity contribution in [2.45, 2.75) is 13.2 Å². The second-order valence-electron chi connectivity index (χ2n) is 7.35. The summed E-state index contributed by atoms with van der Waals surface area (Å²) < 4.78 is 7.14. The van der Waals surface area contributed by atoms with E-state index in [1.165, 1.54) is 0 Å². The van der Waals surface area contributed by atoms with Crippen molar-refractivity contribution in [2.24, 2.45) is 0 Å². The first-order valence-corrected chi connectivity index (χ1v) is 10.5. The highest BCUT2D eigenvalue weighted by atomic mass is 35.5. The number of hydrogen-bond donors (Lipinski definition) is 0. The fourth-order valence-electron chi connectivity index (χ4n) is 3.42. The maximum Gasteiger partial charge on any atom is 0.410 e. The molecule has 2 amide bonds. The third-order valence-electron chi connectivity index (χ3n) is 5.19. The van der Waals surface area contributed by atoms with E-state index < -0.39 is 0 Å².